The van der Waals surface area contributed by atoms with E-state index in [2.05, 4.69) is 0 Å². The third-order valence-corrected chi connectivity index (χ3v) is 0. The molecule has 0 aromatic heterocycles. The van der Waals surface area contributed by atoms with Gasteiger partial charge in [0.1, 0.15) is 0 Å². The molecule has 0 spiro atoms. The SMILES string of the molecule is O=[Si]([O-])[O-].O=[Si]([O-])[O-].O=[Si]([O-])[O-].O=[Si]([O-])[O-].O=[Si]([O-])[O-].[Ta+5].[Ta+5]. The first kappa shape index (κ1) is 43.0. The molecule has 0 aliphatic heterocycles. The molecule has 0 aromatic carbocycles. The summed E-state index contributed by atoms with van der Waals surface area (Å²) < 4.78 is 42.6. The first-order chi connectivity index (χ1) is 8.66. The van der Waals surface area contributed by atoms with Crippen LogP contribution in [0.1, 0.15) is 0 Å². The predicted octanol–water partition coefficient (Wildman–Crippen LogP) is -14.4. The molecule has 120 valence electrons. The molecule has 0 aliphatic carbocycles. The van der Waals surface area contributed by atoms with Gasteiger partial charge in [-0.1, -0.05) is 0 Å². The summed E-state index contributed by atoms with van der Waals surface area (Å²) in [6.07, 6.45) is 0. The molecule has 0 rings (SSSR count). The molecule has 0 saturated heterocycles. The fourth-order valence-electron chi connectivity index (χ4n) is 0. The molecule has 0 saturated carbocycles. The van der Waals surface area contributed by atoms with E-state index in [1.165, 1.54) is 0 Å². The molecule has 0 unspecified atom stereocenters. The molecule has 0 N–H and O–H groups in total. The van der Waals surface area contributed by atoms with Crippen molar-refractivity contribution in [2.24, 2.45) is 0 Å². The van der Waals surface area contributed by atoms with Gasteiger partial charge in [-0.25, -0.2) is 0 Å². The summed E-state index contributed by atoms with van der Waals surface area (Å²) in [7, 11) is -18.1. The van der Waals surface area contributed by atoms with Gasteiger partial charge in [0, 0.05) is 45.9 Å². The maximum Gasteiger partial charge on any atom is 5.00 e. The van der Waals surface area contributed by atoms with E-state index < -0.39 is 45.9 Å². The monoisotopic (exact) mass is 742 g/mol. The van der Waals surface area contributed by atoms with Crippen molar-refractivity contribution in [3.63, 3.8) is 0 Å². The second-order valence-electron chi connectivity index (χ2n) is 1.25. The standard InChI is InChI=1S/5O3Si.2Ta/c5*1-4(2)3;;/q5*-2;2*+5. The molecule has 22 heteroatoms. The summed E-state index contributed by atoms with van der Waals surface area (Å²) in [5.74, 6) is 0. The molecule has 0 atom stereocenters. The Balaban J connectivity index is -0.0000000250. The van der Waals surface area contributed by atoms with Gasteiger partial charge in [0.05, 0.1) is 0 Å². The van der Waals surface area contributed by atoms with Gasteiger partial charge in [0.25, 0.3) is 0 Å². The van der Waals surface area contributed by atoms with E-state index in [0.717, 1.165) is 0 Å². The van der Waals surface area contributed by atoms with E-state index in [9.17, 15) is 0 Å². The van der Waals surface area contributed by atoms with Gasteiger partial charge in [0.15, 0.2) is 0 Å². The van der Waals surface area contributed by atoms with Crippen LogP contribution in [0.3, 0.4) is 0 Å². The van der Waals surface area contributed by atoms with Crippen LogP contribution in [0.25, 0.3) is 0 Å². The van der Waals surface area contributed by atoms with Crippen LogP contribution in [0.15, 0.2) is 0 Å². The van der Waals surface area contributed by atoms with Crippen molar-refractivity contribution >= 4 is 45.9 Å². The molecule has 0 radical (unpaired) electrons. The summed E-state index contributed by atoms with van der Waals surface area (Å²) in [6, 6.07) is 0. The van der Waals surface area contributed by atoms with Gasteiger partial charge in [-0.05, 0) is 0 Å². The summed E-state index contributed by atoms with van der Waals surface area (Å²) in [6.45, 7) is 0. The Morgan fingerprint density at radius 2 is 0.318 bits per heavy atom. The Morgan fingerprint density at radius 1 is 0.318 bits per heavy atom. The average Bonchev–Trinajstić information content (AvgIpc) is 1.94. The van der Waals surface area contributed by atoms with Gasteiger partial charge in [0.2, 0.25) is 0 Å². The van der Waals surface area contributed by atoms with Crippen molar-refractivity contribution in [2.45, 2.75) is 0 Å². The van der Waals surface area contributed by atoms with Crippen molar-refractivity contribution < 1.29 is 115 Å². The Morgan fingerprint density at radius 3 is 0.318 bits per heavy atom. The number of hydrogen-bond donors (Lipinski definition) is 0. The normalized spacial score (nSPS) is 5.45. The summed E-state index contributed by atoms with van der Waals surface area (Å²) in [4.78, 5) is 85.2. The average molecular weight is 742 g/mol. The molecule has 0 heterocycles. The van der Waals surface area contributed by atoms with E-state index in [0.29, 0.717) is 0 Å². The van der Waals surface area contributed by atoms with Crippen LogP contribution in [0.5, 0.6) is 0 Å². The maximum absolute atomic E-state index is 8.52. The van der Waals surface area contributed by atoms with E-state index in [1.807, 2.05) is 0 Å². The molecule has 0 bridgehead atoms. The smallest absolute Gasteiger partial charge is 0.672 e. The zero-order valence-electron chi connectivity index (χ0n) is 9.52. The minimum Gasteiger partial charge on any atom is -0.672 e. The summed E-state index contributed by atoms with van der Waals surface area (Å²) in [5.41, 5.74) is 0. The molecule has 0 amide bonds. The van der Waals surface area contributed by atoms with Crippen LogP contribution in [-0.2, 0) is 67.1 Å². The summed E-state index contributed by atoms with van der Waals surface area (Å²) in [5, 5.41) is 0. The van der Waals surface area contributed by atoms with E-state index in [1.54, 1.807) is 0 Å². The molecule has 0 aliphatic rings. The summed E-state index contributed by atoms with van der Waals surface area (Å²) >= 11 is 0. The van der Waals surface area contributed by atoms with Gasteiger partial charge >= 0.3 is 44.8 Å². The Hall–Kier alpha value is -0.435. The van der Waals surface area contributed by atoms with Crippen LogP contribution in [0.2, 0.25) is 0 Å². The van der Waals surface area contributed by atoms with Gasteiger partial charge in [-0.15, -0.1) is 0 Å². The Kier molecular flexibility index (Phi) is 72.5. The topological polar surface area (TPSA) is 316 Å². The minimum absolute atomic E-state index is 0. The first-order valence-electron chi connectivity index (χ1n) is 3.06. The van der Waals surface area contributed by atoms with Gasteiger partial charge < -0.3 is 70.3 Å². The van der Waals surface area contributed by atoms with Crippen molar-refractivity contribution in [3.8, 4) is 0 Å². The molecule has 0 aromatic rings. The molecule has 22 heavy (non-hydrogen) atoms. The minimum atomic E-state index is -3.63. The molecule has 15 nitrogen and oxygen atoms in total. The van der Waals surface area contributed by atoms with Crippen molar-refractivity contribution in [1.82, 2.24) is 0 Å². The molecule has 0 fully saturated rings. The zero-order chi connectivity index (χ0) is 17.9. The first-order valence-corrected chi connectivity index (χ1v) is 9.19. The predicted molar refractivity (Wildman–Crippen MR) is 32.2 cm³/mol. The third-order valence-electron chi connectivity index (χ3n) is 0. The number of hydrogen-bond acceptors (Lipinski definition) is 15. The van der Waals surface area contributed by atoms with Crippen LogP contribution < -0.4 is 48.0 Å². The van der Waals surface area contributed by atoms with Gasteiger partial charge in [-0.2, -0.15) is 0 Å². The fraction of sp³-hybridized carbons (Fsp3) is 0. The molecular formula is O15Si5Ta2. The largest absolute Gasteiger partial charge is 5.00 e. The Bertz CT molecular complexity index is 211. The van der Waals surface area contributed by atoms with Crippen LogP contribution >= 0.6 is 0 Å². The third kappa shape index (κ3) is 35600. The van der Waals surface area contributed by atoms with Gasteiger partial charge in [-0.3, -0.25) is 0 Å². The quantitative estimate of drug-likeness (QED) is 0.208. The zero-order valence-corrected chi connectivity index (χ0v) is 20.9. The van der Waals surface area contributed by atoms with Crippen molar-refractivity contribution in [3.05, 3.63) is 0 Å². The van der Waals surface area contributed by atoms with Crippen LogP contribution in [0.4, 0.5) is 0 Å². The fourth-order valence-corrected chi connectivity index (χ4v) is 0. The van der Waals surface area contributed by atoms with Crippen LogP contribution in [0, 0.1) is 0 Å². The van der Waals surface area contributed by atoms with E-state index >= 15 is 0 Å². The Labute approximate surface area is 160 Å². The number of rotatable bonds is 0. The van der Waals surface area contributed by atoms with E-state index in [4.69, 9.17) is 70.3 Å². The molecular weight excluding hydrogens is 742 g/mol. The maximum atomic E-state index is 8.52. The van der Waals surface area contributed by atoms with Crippen molar-refractivity contribution in [1.29, 1.82) is 0 Å². The van der Waals surface area contributed by atoms with Crippen molar-refractivity contribution in [2.75, 3.05) is 0 Å². The van der Waals surface area contributed by atoms with Crippen LogP contribution in [-0.4, -0.2) is 45.9 Å². The van der Waals surface area contributed by atoms with E-state index in [-0.39, 0.29) is 44.8 Å². The second-order valence-corrected chi connectivity index (χ2v) is 3.75. The second kappa shape index (κ2) is 37.1.